The summed E-state index contributed by atoms with van der Waals surface area (Å²) in [6.45, 7) is 6.99. The highest BCUT2D eigenvalue weighted by Crippen LogP contribution is 2.18. The summed E-state index contributed by atoms with van der Waals surface area (Å²) >= 11 is 3.44. The molecule has 106 valence electrons. The van der Waals surface area contributed by atoms with Crippen LogP contribution in [0, 0.1) is 12.8 Å². The van der Waals surface area contributed by atoms with Crippen LogP contribution in [0.25, 0.3) is 0 Å². The van der Waals surface area contributed by atoms with Crippen LogP contribution in [0.3, 0.4) is 0 Å². The lowest BCUT2D eigenvalue weighted by Crippen LogP contribution is -2.14. The van der Waals surface area contributed by atoms with E-state index in [2.05, 4.69) is 39.9 Å². The molecule has 1 aromatic heterocycles. The van der Waals surface area contributed by atoms with E-state index in [1.54, 1.807) is 0 Å². The van der Waals surface area contributed by atoms with Gasteiger partial charge in [0.1, 0.15) is 12.2 Å². The first-order chi connectivity index (χ1) is 9.47. The standard InChI is InChI=1S/C15H18BrN3O/c1-10(2)8-19-15(17-9-18-19)7-14(20)12-4-5-13(16)11(3)6-12/h4-6,9-10H,7-8H2,1-3H3. The largest absolute Gasteiger partial charge is 0.294 e. The van der Waals surface area contributed by atoms with Crippen molar-refractivity contribution in [3.8, 4) is 0 Å². The molecule has 0 saturated carbocycles. The number of aryl methyl sites for hydroxylation is 1. The topological polar surface area (TPSA) is 47.8 Å². The van der Waals surface area contributed by atoms with Gasteiger partial charge in [-0.3, -0.25) is 4.79 Å². The van der Waals surface area contributed by atoms with Gasteiger partial charge in [0.2, 0.25) is 0 Å². The molecule has 0 atom stereocenters. The lowest BCUT2D eigenvalue weighted by Gasteiger charge is -2.08. The summed E-state index contributed by atoms with van der Waals surface area (Å²) in [7, 11) is 0. The van der Waals surface area contributed by atoms with E-state index < -0.39 is 0 Å². The second kappa shape index (κ2) is 6.31. The number of benzene rings is 1. The minimum atomic E-state index is 0.0682. The van der Waals surface area contributed by atoms with E-state index in [1.807, 2.05) is 29.8 Å². The number of ketones is 1. The number of carbonyl (C=O) groups excluding carboxylic acids is 1. The lowest BCUT2D eigenvalue weighted by atomic mass is 10.1. The molecule has 2 aromatic rings. The molecule has 4 nitrogen and oxygen atoms in total. The molecule has 0 N–H and O–H groups in total. The van der Waals surface area contributed by atoms with Crippen molar-refractivity contribution in [2.75, 3.05) is 0 Å². The van der Waals surface area contributed by atoms with Gasteiger partial charge < -0.3 is 0 Å². The van der Waals surface area contributed by atoms with Gasteiger partial charge in [0.05, 0.1) is 6.42 Å². The Kier molecular flexibility index (Phi) is 4.70. The zero-order valence-corrected chi connectivity index (χ0v) is 13.5. The van der Waals surface area contributed by atoms with Gasteiger partial charge in [-0.05, 0) is 30.5 Å². The van der Waals surface area contributed by atoms with Gasteiger partial charge in [-0.15, -0.1) is 0 Å². The minimum Gasteiger partial charge on any atom is -0.294 e. The number of hydrogen-bond donors (Lipinski definition) is 0. The molecule has 0 aliphatic carbocycles. The maximum atomic E-state index is 12.3. The molecule has 0 aliphatic rings. The molecule has 0 saturated heterocycles. The van der Waals surface area contributed by atoms with E-state index in [0.29, 0.717) is 11.5 Å². The first-order valence-electron chi connectivity index (χ1n) is 6.63. The third-order valence-corrected chi connectivity index (χ3v) is 3.92. The molecular formula is C15H18BrN3O. The summed E-state index contributed by atoms with van der Waals surface area (Å²) in [4.78, 5) is 16.5. The third kappa shape index (κ3) is 3.54. The number of rotatable bonds is 5. The van der Waals surface area contributed by atoms with Gasteiger partial charge >= 0.3 is 0 Å². The van der Waals surface area contributed by atoms with Gasteiger partial charge in [-0.2, -0.15) is 5.10 Å². The molecule has 0 spiro atoms. The normalized spacial score (nSPS) is 11.1. The molecule has 1 heterocycles. The van der Waals surface area contributed by atoms with Gasteiger partial charge in [0.25, 0.3) is 0 Å². The summed E-state index contributed by atoms with van der Waals surface area (Å²) in [5.74, 6) is 1.27. The summed E-state index contributed by atoms with van der Waals surface area (Å²) in [5.41, 5.74) is 1.77. The summed E-state index contributed by atoms with van der Waals surface area (Å²) in [6.07, 6.45) is 1.80. The quantitative estimate of drug-likeness (QED) is 0.786. The number of nitrogens with zero attached hydrogens (tertiary/aromatic N) is 3. The van der Waals surface area contributed by atoms with Crippen molar-refractivity contribution in [3.63, 3.8) is 0 Å². The van der Waals surface area contributed by atoms with Crippen LogP contribution in [-0.2, 0) is 13.0 Å². The zero-order valence-electron chi connectivity index (χ0n) is 11.9. The summed E-state index contributed by atoms with van der Waals surface area (Å²) in [6, 6.07) is 5.64. The van der Waals surface area contributed by atoms with E-state index >= 15 is 0 Å². The SMILES string of the molecule is Cc1cc(C(=O)Cc2ncnn2CC(C)C)ccc1Br. The van der Waals surface area contributed by atoms with Crippen LogP contribution in [0.5, 0.6) is 0 Å². The van der Waals surface area contributed by atoms with E-state index in [0.717, 1.165) is 22.4 Å². The zero-order chi connectivity index (χ0) is 14.7. The molecule has 20 heavy (non-hydrogen) atoms. The van der Waals surface area contributed by atoms with Crippen molar-refractivity contribution in [2.45, 2.75) is 33.7 Å². The first kappa shape index (κ1) is 14.9. The molecule has 1 aromatic carbocycles. The Labute approximate surface area is 127 Å². The van der Waals surface area contributed by atoms with Crippen LogP contribution in [0.15, 0.2) is 29.0 Å². The fourth-order valence-corrected chi connectivity index (χ4v) is 2.23. The van der Waals surface area contributed by atoms with Crippen LogP contribution < -0.4 is 0 Å². The van der Waals surface area contributed by atoms with Crippen molar-refractivity contribution in [1.82, 2.24) is 14.8 Å². The predicted molar refractivity (Wildman–Crippen MR) is 81.8 cm³/mol. The van der Waals surface area contributed by atoms with Gasteiger partial charge in [0.15, 0.2) is 5.78 Å². The van der Waals surface area contributed by atoms with E-state index in [-0.39, 0.29) is 12.2 Å². The Balaban J connectivity index is 2.15. The Morgan fingerprint density at radius 1 is 1.40 bits per heavy atom. The number of carbonyl (C=O) groups is 1. The molecule has 0 bridgehead atoms. The highest BCUT2D eigenvalue weighted by Gasteiger charge is 2.13. The Morgan fingerprint density at radius 2 is 2.15 bits per heavy atom. The fourth-order valence-electron chi connectivity index (χ4n) is 1.99. The number of hydrogen-bond acceptors (Lipinski definition) is 3. The Morgan fingerprint density at radius 3 is 2.80 bits per heavy atom. The second-order valence-electron chi connectivity index (χ2n) is 5.32. The average molecular weight is 336 g/mol. The number of aromatic nitrogens is 3. The van der Waals surface area contributed by atoms with E-state index in [4.69, 9.17) is 0 Å². The molecule has 0 fully saturated rings. The van der Waals surface area contributed by atoms with Gasteiger partial charge in [0, 0.05) is 16.6 Å². The van der Waals surface area contributed by atoms with Crippen LogP contribution >= 0.6 is 15.9 Å². The van der Waals surface area contributed by atoms with Crippen molar-refractivity contribution >= 4 is 21.7 Å². The van der Waals surface area contributed by atoms with E-state index in [9.17, 15) is 4.79 Å². The van der Waals surface area contributed by atoms with Crippen molar-refractivity contribution in [3.05, 3.63) is 46.0 Å². The van der Waals surface area contributed by atoms with Crippen molar-refractivity contribution < 1.29 is 4.79 Å². The summed E-state index contributed by atoms with van der Waals surface area (Å²) < 4.78 is 2.82. The first-order valence-corrected chi connectivity index (χ1v) is 7.42. The maximum absolute atomic E-state index is 12.3. The van der Waals surface area contributed by atoms with Crippen LogP contribution in [0.1, 0.15) is 35.6 Å². The Bertz CT molecular complexity index is 619. The van der Waals surface area contributed by atoms with Crippen molar-refractivity contribution in [1.29, 1.82) is 0 Å². The molecular weight excluding hydrogens is 318 g/mol. The van der Waals surface area contributed by atoms with Gasteiger partial charge in [-0.25, -0.2) is 9.67 Å². The highest BCUT2D eigenvalue weighted by atomic mass is 79.9. The second-order valence-corrected chi connectivity index (χ2v) is 6.17. The monoisotopic (exact) mass is 335 g/mol. The fraction of sp³-hybridized carbons (Fsp3) is 0.400. The average Bonchev–Trinajstić information content (AvgIpc) is 2.79. The molecule has 5 heteroatoms. The Hall–Kier alpha value is -1.49. The number of Topliss-reactive ketones (excluding diaryl/α,β-unsaturated/α-hetero) is 1. The minimum absolute atomic E-state index is 0.0682. The predicted octanol–water partition coefficient (Wildman–Crippen LogP) is 3.43. The lowest BCUT2D eigenvalue weighted by molar-refractivity contribution is 0.0989. The molecule has 0 radical (unpaired) electrons. The van der Waals surface area contributed by atoms with Crippen LogP contribution in [0.2, 0.25) is 0 Å². The molecule has 2 rings (SSSR count). The smallest absolute Gasteiger partial charge is 0.170 e. The third-order valence-electron chi connectivity index (χ3n) is 3.03. The molecule has 0 aliphatic heterocycles. The maximum Gasteiger partial charge on any atom is 0.170 e. The van der Waals surface area contributed by atoms with Crippen LogP contribution in [0.4, 0.5) is 0 Å². The van der Waals surface area contributed by atoms with Gasteiger partial charge in [-0.1, -0.05) is 35.8 Å². The molecule has 0 amide bonds. The van der Waals surface area contributed by atoms with Crippen molar-refractivity contribution in [2.24, 2.45) is 5.92 Å². The molecule has 0 unspecified atom stereocenters. The van der Waals surface area contributed by atoms with E-state index in [1.165, 1.54) is 6.33 Å². The van der Waals surface area contributed by atoms with Crippen LogP contribution in [-0.4, -0.2) is 20.5 Å². The highest BCUT2D eigenvalue weighted by molar-refractivity contribution is 9.10. The number of halogens is 1. The summed E-state index contributed by atoms with van der Waals surface area (Å²) in [5, 5.41) is 4.18.